The quantitative estimate of drug-likeness (QED) is 0.673. The van der Waals surface area contributed by atoms with Crippen molar-refractivity contribution in [3.05, 3.63) is 70.2 Å². The molecule has 0 saturated heterocycles. The number of carbonyl (C=O) groups is 1. The van der Waals surface area contributed by atoms with Crippen LogP contribution < -0.4 is 10.1 Å². The normalized spacial score (nSPS) is 10.4. The summed E-state index contributed by atoms with van der Waals surface area (Å²) in [5.74, 6) is 1.34. The van der Waals surface area contributed by atoms with Crippen LogP contribution in [0.3, 0.4) is 0 Å². The van der Waals surface area contributed by atoms with E-state index >= 15 is 0 Å². The standard InChI is InChI=1S/C20H21N3O2S/c1-14-7-6-8-16(11-14)25-19-10-5-4-9-18(19)22-20(24)23(3)13-17-12-21-15(2)26-17/h4-12H,13H2,1-3H3,(H,22,24). The molecule has 5 nitrogen and oxygen atoms in total. The summed E-state index contributed by atoms with van der Waals surface area (Å²) in [6.07, 6.45) is 1.80. The summed E-state index contributed by atoms with van der Waals surface area (Å²) in [5, 5.41) is 3.91. The van der Waals surface area contributed by atoms with Gasteiger partial charge in [-0.05, 0) is 43.7 Å². The predicted molar refractivity (Wildman–Crippen MR) is 105 cm³/mol. The first-order valence-electron chi connectivity index (χ1n) is 8.28. The third-order valence-corrected chi connectivity index (χ3v) is 4.65. The van der Waals surface area contributed by atoms with Gasteiger partial charge < -0.3 is 15.0 Å². The average Bonchev–Trinajstić information content (AvgIpc) is 3.01. The van der Waals surface area contributed by atoms with Gasteiger partial charge in [0.05, 0.1) is 17.2 Å². The Kier molecular flexibility index (Phi) is 5.53. The number of aromatic nitrogens is 1. The SMILES string of the molecule is Cc1cccc(Oc2ccccc2NC(=O)N(C)Cc2cnc(C)s2)c1. The van der Waals surface area contributed by atoms with Gasteiger partial charge in [-0.3, -0.25) is 0 Å². The Hall–Kier alpha value is -2.86. The van der Waals surface area contributed by atoms with E-state index in [9.17, 15) is 4.79 Å². The number of aryl methyl sites for hydroxylation is 2. The molecule has 0 saturated carbocycles. The number of thiazole rings is 1. The zero-order valence-corrected chi connectivity index (χ0v) is 15.8. The van der Waals surface area contributed by atoms with E-state index in [-0.39, 0.29) is 6.03 Å². The topological polar surface area (TPSA) is 54.5 Å². The van der Waals surface area contributed by atoms with Gasteiger partial charge in [0.15, 0.2) is 5.75 Å². The monoisotopic (exact) mass is 367 g/mol. The molecular formula is C20H21N3O2S. The van der Waals surface area contributed by atoms with Gasteiger partial charge in [0.25, 0.3) is 0 Å². The molecule has 6 heteroatoms. The molecule has 0 fully saturated rings. The number of nitrogens with zero attached hydrogens (tertiary/aromatic N) is 2. The van der Waals surface area contributed by atoms with Crippen LogP contribution in [0.5, 0.6) is 11.5 Å². The number of hydrogen-bond acceptors (Lipinski definition) is 4. The summed E-state index contributed by atoms with van der Waals surface area (Å²) >= 11 is 1.59. The van der Waals surface area contributed by atoms with E-state index in [2.05, 4.69) is 10.3 Å². The maximum absolute atomic E-state index is 12.5. The third kappa shape index (κ3) is 4.61. The van der Waals surface area contributed by atoms with Crippen molar-refractivity contribution in [3.8, 4) is 11.5 Å². The fourth-order valence-electron chi connectivity index (χ4n) is 2.46. The van der Waals surface area contributed by atoms with Gasteiger partial charge in [0.2, 0.25) is 0 Å². The van der Waals surface area contributed by atoms with Crippen LogP contribution in [-0.2, 0) is 6.54 Å². The van der Waals surface area contributed by atoms with E-state index in [1.165, 1.54) is 0 Å². The second-order valence-corrected chi connectivity index (χ2v) is 7.37. The minimum atomic E-state index is -0.198. The lowest BCUT2D eigenvalue weighted by atomic mass is 10.2. The van der Waals surface area contributed by atoms with Crippen molar-refractivity contribution < 1.29 is 9.53 Å². The highest BCUT2D eigenvalue weighted by molar-refractivity contribution is 7.11. The number of nitrogens with one attached hydrogen (secondary N) is 1. The molecular weight excluding hydrogens is 346 g/mol. The number of ether oxygens (including phenoxy) is 1. The minimum Gasteiger partial charge on any atom is -0.455 e. The number of rotatable bonds is 5. The molecule has 1 aromatic heterocycles. The number of urea groups is 1. The van der Waals surface area contributed by atoms with E-state index in [1.807, 2.05) is 62.4 Å². The number of anilines is 1. The zero-order chi connectivity index (χ0) is 18.5. The van der Waals surface area contributed by atoms with Crippen molar-refractivity contribution in [1.82, 2.24) is 9.88 Å². The Balaban J connectivity index is 1.70. The van der Waals surface area contributed by atoms with Crippen LogP contribution in [0.2, 0.25) is 0 Å². The van der Waals surface area contributed by atoms with Crippen molar-refractivity contribution in [2.75, 3.05) is 12.4 Å². The number of benzene rings is 2. The average molecular weight is 367 g/mol. The molecule has 0 aliphatic carbocycles. The fraction of sp³-hybridized carbons (Fsp3) is 0.200. The largest absolute Gasteiger partial charge is 0.455 e. The molecule has 134 valence electrons. The van der Waals surface area contributed by atoms with Gasteiger partial charge in [-0.2, -0.15) is 0 Å². The summed E-state index contributed by atoms with van der Waals surface area (Å²) < 4.78 is 5.95. The summed E-state index contributed by atoms with van der Waals surface area (Å²) in [4.78, 5) is 19.4. The smallest absolute Gasteiger partial charge is 0.322 e. The van der Waals surface area contributed by atoms with Crippen LogP contribution in [0.25, 0.3) is 0 Å². The van der Waals surface area contributed by atoms with E-state index in [1.54, 1.807) is 29.5 Å². The molecule has 0 radical (unpaired) electrons. The fourth-order valence-corrected chi connectivity index (χ4v) is 3.31. The van der Waals surface area contributed by atoms with Crippen LogP contribution in [0.4, 0.5) is 10.5 Å². The van der Waals surface area contributed by atoms with Gasteiger partial charge in [-0.25, -0.2) is 9.78 Å². The lowest BCUT2D eigenvalue weighted by molar-refractivity contribution is 0.221. The number of amides is 2. The van der Waals surface area contributed by atoms with Crippen molar-refractivity contribution in [3.63, 3.8) is 0 Å². The highest BCUT2D eigenvalue weighted by Crippen LogP contribution is 2.30. The molecule has 0 bridgehead atoms. The molecule has 0 spiro atoms. The van der Waals surface area contributed by atoms with Gasteiger partial charge in [-0.1, -0.05) is 24.3 Å². The van der Waals surface area contributed by atoms with Crippen LogP contribution in [0.1, 0.15) is 15.4 Å². The molecule has 1 heterocycles. The number of carbonyl (C=O) groups excluding carboxylic acids is 1. The first-order valence-corrected chi connectivity index (χ1v) is 9.10. The highest BCUT2D eigenvalue weighted by atomic mass is 32.1. The Morgan fingerprint density at radius 1 is 1.19 bits per heavy atom. The molecule has 0 unspecified atom stereocenters. The van der Waals surface area contributed by atoms with E-state index in [4.69, 9.17) is 4.74 Å². The summed E-state index contributed by atoms with van der Waals surface area (Å²) in [7, 11) is 1.76. The Morgan fingerprint density at radius 2 is 2.00 bits per heavy atom. The maximum atomic E-state index is 12.5. The molecule has 0 aliphatic heterocycles. The predicted octanol–water partition coefficient (Wildman–Crippen LogP) is 5.22. The van der Waals surface area contributed by atoms with Gasteiger partial charge >= 0.3 is 6.03 Å². The number of hydrogen-bond donors (Lipinski definition) is 1. The molecule has 1 N–H and O–H groups in total. The highest BCUT2D eigenvalue weighted by Gasteiger charge is 2.13. The van der Waals surface area contributed by atoms with Gasteiger partial charge in [0.1, 0.15) is 5.75 Å². The molecule has 26 heavy (non-hydrogen) atoms. The second kappa shape index (κ2) is 8.01. The first kappa shape index (κ1) is 17.9. The minimum absolute atomic E-state index is 0.198. The lowest BCUT2D eigenvalue weighted by Crippen LogP contribution is -2.30. The molecule has 0 atom stereocenters. The van der Waals surface area contributed by atoms with Crippen LogP contribution in [-0.4, -0.2) is 23.0 Å². The zero-order valence-electron chi connectivity index (χ0n) is 15.0. The first-order chi connectivity index (χ1) is 12.5. The van der Waals surface area contributed by atoms with E-state index < -0.39 is 0 Å². The van der Waals surface area contributed by atoms with Crippen LogP contribution in [0.15, 0.2) is 54.7 Å². The molecule has 2 amide bonds. The van der Waals surface area contributed by atoms with Crippen molar-refractivity contribution in [1.29, 1.82) is 0 Å². The Morgan fingerprint density at radius 3 is 2.73 bits per heavy atom. The Bertz CT molecular complexity index is 907. The third-order valence-electron chi connectivity index (χ3n) is 3.75. The molecule has 3 aromatic rings. The lowest BCUT2D eigenvalue weighted by Gasteiger charge is -2.18. The van der Waals surface area contributed by atoms with E-state index in [0.717, 1.165) is 21.2 Å². The Labute approximate surface area is 157 Å². The van der Waals surface area contributed by atoms with Crippen molar-refractivity contribution >= 4 is 23.1 Å². The van der Waals surface area contributed by atoms with Crippen molar-refractivity contribution in [2.24, 2.45) is 0 Å². The van der Waals surface area contributed by atoms with Gasteiger partial charge in [0, 0.05) is 18.1 Å². The maximum Gasteiger partial charge on any atom is 0.322 e. The van der Waals surface area contributed by atoms with Crippen molar-refractivity contribution in [2.45, 2.75) is 20.4 Å². The summed E-state index contributed by atoms with van der Waals surface area (Å²) in [5.41, 5.74) is 1.75. The van der Waals surface area contributed by atoms with Crippen LogP contribution in [0, 0.1) is 13.8 Å². The molecule has 3 rings (SSSR count). The summed E-state index contributed by atoms with van der Waals surface area (Å²) in [6, 6.07) is 15.0. The number of para-hydroxylation sites is 2. The molecule has 0 aliphatic rings. The molecule has 2 aromatic carbocycles. The van der Waals surface area contributed by atoms with Crippen LogP contribution >= 0.6 is 11.3 Å². The second-order valence-electron chi connectivity index (χ2n) is 6.05. The summed E-state index contributed by atoms with van der Waals surface area (Å²) in [6.45, 7) is 4.47. The van der Waals surface area contributed by atoms with E-state index in [0.29, 0.717) is 18.0 Å². The van der Waals surface area contributed by atoms with Gasteiger partial charge in [-0.15, -0.1) is 11.3 Å².